The second kappa shape index (κ2) is 6.27. The Hall–Kier alpha value is -0.730. The molecule has 0 spiro atoms. The van der Waals surface area contributed by atoms with Crippen LogP contribution in [-0.2, 0) is 0 Å². The van der Waals surface area contributed by atoms with Gasteiger partial charge in [-0.2, -0.15) is 0 Å². The van der Waals surface area contributed by atoms with Gasteiger partial charge in [0, 0.05) is 23.8 Å². The van der Waals surface area contributed by atoms with Gasteiger partial charge in [0.1, 0.15) is 0 Å². The Morgan fingerprint density at radius 1 is 1.47 bits per heavy atom. The Morgan fingerprint density at radius 2 is 2.35 bits per heavy atom. The van der Waals surface area contributed by atoms with Crippen molar-refractivity contribution in [3.8, 4) is 0 Å². The lowest BCUT2D eigenvalue weighted by Crippen LogP contribution is -2.36. The summed E-state index contributed by atoms with van der Waals surface area (Å²) in [4.78, 5) is 2.47. The highest BCUT2D eigenvalue weighted by atomic mass is 35.5. The van der Waals surface area contributed by atoms with Crippen LogP contribution in [0.25, 0.3) is 0 Å². The third-order valence-electron chi connectivity index (χ3n) is 3.49. The number of piperidine rings is 1. The summed E-state index contributed by atoms with van der Waals surface area (Å²) >= 11 is 6.05. The van der Waals surface area contributed by atoms with E-state index in [0.29, 0.717) is 0 Å². The van der Waals surface area contributed by atoms with Crippen molar-refractivity contribution in [2.45, 2.75) is 19.3 Å². The molecule has 0 radical (unpaired) electrons. The molecular formula is C14H21ClN2. The lowest BCUT2D eigenvalue weighted by atomic mass is 9.94. The molecule has 1 saturated heterocycles. The van der Waals surface area contributed by atoms with E-state index in [-0.39, 0.29) is 0 Å². The van der Waals surface area contributed by atoms with E-state index < -0.39 is 0 Å². The summed E-state index contributed by atoms with van der Waals surface area (Å²) in [5.41, 5.74) is 1.27. The van der Waals surface area contributed by atoms with Gasteiger partial charge in [-0.05, 0) is 57.0 Å². The average molecular weight is 253 g/mol. The van der Waals surface area contributed by atoms with E-state index >= 15 is 0 Å². The van der Waals surface area contributed by atoms with Gasteiger partial charge in [0.25, 0.3) is 0 Å². The first-order valence-electron chi connectivity index (χ1n) is 6.44. The molecular weight excluding hydrogens is 232 g/mol. The zero-order valence-electron chi connectivity index (χ0n) is 10.5. The number of nitrogens with one attached hydrogen (secondary N) is 1. The summed E-state index contributed by atoms with van der Waals surface area (Å²) in [5.74, 6) is 0.815. The van der Waals surface area contributed by atoms with Gasteiger partial charge < -0.3 is 10.2 Å². The normalized spacial score (nSPS) is 20.6. The third kappa shape index (κ3) is 3.62. The van der Waals surface area contributed by atoms with Crippen molar-refractivity contribution in [1.82, 2.24) is 5.32 Å². The Balaban J connectivity index is 1.97. The summed E-state index contributed by atoms with van der Waals surface area (Å²) in [6, 6.07) is 8.21. The topological polar surface area (TPSA) is 15.3 Å². The van der Waals surface area contributed by atoms with Crippen LogP contribution in [0.5, 0.6) is 0 Å². The fraction of sp³-hybridized carbons (Fsp3) is 0.571. The lowest BCUT2D eigenvalue weighted by Gasteiger charge is -2.34. The number of halogens is 1. The molecule has 3 heteroatoms. The standard InChI is InChI=1S/C14H21ClN2/c1-16-8-7-12-4-3-9-17(11-12)14-6-2-5-13(15)10-14/h2,5-6,10,12,16H,3-4,7-9,11H2,1H3. The van der Waals surface area contributed by atoms with E-state index in [2.05, 4.69) is 22.3 Å². The number of anilines is 1. The minimum atomic E-state index is 0.815. The Labute approximate surface area is 109 Å². The SMILES string of the molecule is CNCCC1CCCN(c2cccc(Cl)c2)C1. The summed E-state index contributed by atoms with van der Waals surface area (Å²) in [6.45, 7) is 3.45. The molecule has 1 aliphatic heterocycles. The van der Waals surface area contributed by atoms with Crippen LogP contribution in [0.15, 0.2) is 24.3 Å². The summed E-state index contributed by atoms with van der Waals surface area (Å²) in [6.07, 6.45) is 3.92. The molecule has 1 N–H and O–H groups in total. The van der Waals surface area contributed by atoms with Crippen LogP contribution >= 0.6 is 11.6 Å². The molecule has 0 aliphatic carbocycles. The minimum absolute atomic E-state index is 0.815. The number of hydrogen-bond donors (Lipinski definition) is 1. The molecule has 0 aromatic heterocycles. The first-order chi connectivity index (χ1) is 8.29. The number of nitrogens with zero attached hydrogens (tertiary/aromatic N) is 1. The zero-order chi connectivity index (χ0) is 12.1. The summed E-state index contributed by atoms with van der Waals surface area (Å²) in [5, 5.41) is 4.07. The van der Waals surface area contributed by atoms with Crippen molar-refractivity contribution in [1.29, 1.82) is 0 Å². The predicted molar refractivity (Wildman–Crippen MR) is 74.9 cm³/mol. The van der Waals surface area contributed by atoms with E-state index in [4.69, 9.17) is 11.6 Å². The van der Waals surface area contributed by atoms with E-state index in [1.165, 1.54) is 31.5 Å². The molecule has 0 saturated carbocycles. The Bertz CT molecular complexity index is 354. The molecule has 1 fully saturated rings. The van der Waals surface area contributed by atoms with Crippen LogP contribution in [0.3, 0.4) is 0 Å². The minimum Gasteiger partial charge on any atom is -0.371 e. The van der Waals surface area contributed by atoms with Crippen LogP contribution in [-0.4, -0.2) is 26.7 Å². The fourth-order valence-corrected chi connectivity index (χ4v) is 2.74. The van der Waals surface area contributed by atoms with E-state index in [9.17, 15) is 0 Å². The van der Waals surface area contributed by atoms with Gasteiger partial charge in [0.05, 0.1) is 0 Å². The van der Waals surface area contributed by atoms with Gasteiger partial charge in [0.2, 0.25) is 0 Å². The third-order valence-corrected chi connectivity index (χ3v) is 3.73. The number of rotatable bonds is 4. The highest BCUT2D eigenvalue weighted by molar-refractivity contribution is 6.30. The van der Waals surface area contributed by atoms with Gasteiger partial charge in [-0.1, -0.05) is 17.7 Å². The second-order valence-corrected chi connectivity index (χ2v) is 5.26. The van der Waals surface area contributed by atoms with Crippen molar-refractivity contribution in [3.05, 3.63) is 29.3 Å². The number of benzene rings is 1. The maximum Gasteiger partial charge on any atom is 0.0426 e. The van der Waals surface area contributed by atoms with Crippen LogP contribution in [0.4, 0.5) is 5.69 Å². The zero-order valence-corrected chi connectivity index (χ0v) is 11.2. The van der Waals surface area contributed by atoms with Crippen molar-refractivity contribution < 1.29 is 0 Å². The summed E-state index contributed by atoms with van der Waals surface area (Å²) in [7, 11) is 2.03. The molecule has 1 aliphatic rings. The van der Waals surface area contributed by atoms with Crippen LogP contribution in [0.2, 0.25) is 5.02 Å². The molecule has 94 valence electrons. The molecule has 1 heterocycles. The molecule has 2 rings (SSSR count). The quantitative estimate of drug-likeness (QED) is 0.886. The van der Waals surface area contributed by atoms with Gasteiger partial charge in [-0.15, -0.1) is 0 Å². The molecule has 1 aromatic carbocycles. The lowest BCUT2D eigenvalue weighted by molar-refractivity contribution is 0.388. The molecule has 2 nitrogen and oxygen atoms in total. The van der Waals surface area contributed by atoms with E-state index in [1.807, 2.05) is 19.2 Å². The van der Waals surface area contributed by atoms with Crippen molar-refractivity contribution >= 4 is 17.3 Å². The molecule has 1 atom stereocenters. The maximum absolute atomic E-state index is 6.05. The average Bonchev–Trinajstić information content (AvgIpc) is 2.37. The molecule has 1 aromatic rings. The molecule has 17 heavy (non-hydrogen) atoms. The van der Waals surface area contributed by atoms with Gasteiger partial charge in [-0.25, -0.2) is 0 Å². The van der Waals surface area contributed by atoms with E-state index in [1.54, 1.807) is 0 Å². The first-order valence-corrected chi connectivity index (χ1v) is 6.82. The van der Waals surface area contributed by atoms with Crippen molar-refractivity contribution in [3.63, 3.8) is 0 Å². The maximum atomic E-state index is 6.05. The smallest absolute Gasteiger partial charge is 0.0426 e. The first kappa shape index (κ1) is 12.7. The number of hydrogen-bond acceptors (Lipinski definition) is 2. The second-order valence-electron chi connectivity index (χ2n) is 4.83. The highest BCUT2D eigenvalue weighted by Crippen LogP contribution is 2.26. The molecule has 1 unspecified atom stereocenters. The molecule has 0 bridgehead atoms. The summed E-state index contributed by atoms with van der Waals surface area (Å²) < 4.78 is 0. The van der Waals surface area contributed by atoms with Crippen molar-refractivity contribution in [2.24, 2.45) is 5.92 Å². The van der Waals surface area contributed by atoms with Crippen LogP contribution < -0.4 is 10.2 Å². The molecule has 0 amide bonds. The van der Waals surface area contributed by atoms with Gasteiger partial charge >= 0.3 is 0 Å². The largest absolute Gasteiger partial charge is 0.371 e. The predicted octanol–water partition coefficient (Wildman–Crippen LogP) is 3.17. The van der Waals surface area contributed by atoms with E-state index in [0.717, 1.165) is 24.0 Å². The van der Waals surface area contributed by atoms with Crippen LogP contribution in [0, 0.1) is 5.92 Å². The van der Waals surface area contributed by atoms with Gasteiger partial charge in [-0.3, -0.25) is 0 Å². The highest BCUT2D eigenvalue weighted by Gasteiger charge is 2.19. The monoisotopic (exact) mass is 252 g/mol. The van der Waals surface area contributed by atoms with Crippen molar-refractivity contribution in [2.75, 3.05) is 31.6 Å². The fourth-order valence-electron chi connectivity index (χ4n) is 2.56. The Kier molecular flexibility index (Phi) is 4.69. The Morgan fingerprint density at radius 3 is 3.12 bits per heavy atom. The van der Waals surface area contributed by atoms with Gasteiger partial charge in [0.15, 0.2) is 0 Å². The van der Waals surface area contributed by atoms with Crippen LogP contribution in [0.1, 0.15) is 19.3 Å².